The van der Waals surface area contributed by atoms with Gasteiger partial charge in [-0.1, -0.05) is 0 Å². The van der Waals surface area contributed by atoms with Crippen molar-refractivity contribution in [2.75, 3.05) is 26.4 Å². The highest BCUT2D eigenvalue weighted by Gasteiger charge is 2.17. The predicted molar refractivity (Wildman–Crippen MR) is 51.5 cm³/mol. The summed E-state index contributed by atoms with van der Waals surface area (Å²) in [5.41, 5.74) is 0. The van der Waals surface area contributed by atoms with Crippen LogP contribution in [0, 0.1) is 0 Å². The number of carboxylic acid groups (broad SMARTS) is 1. The van der Waals surface area contributed by atoms with Gasteiger partial charge in [0.15, 0.2) is 6.04 Å². The SMILES string of the molecule is CCOCCNC(=O)N[C@H](CO)C(=O)O. The third-order valence-electron chi connectivity index (χ3n) is 1.52. The molecule has 0 aromatic heterocycles. The number of aliphatic carboxylic acids is 1. The average molecular weight is 220 g/mol. The summed E-state index contributed by atoms with van der Waals surface area (Å²) in [6, 6.07) is -1.92. The zero-order chi connectivity index (χ0) is 11.7. The van der Waals surface area contributed by atoms with Crippen LogP contribution < -0.4 is 10.6 Å². The number of hydrogen-bond acceptors (Lipinski definition) is 4. The van der Waals surface area contributed by atoms with E-state index in [1.54, 1.807) is 0 Å². The molecule has 0 bridgehead atoms. The first kappa shape index (κ1) is 13.7. The van der Waals surface area contributed by atoms with Crippen LogP contribution in [-0.2, 0) is 9.53 Å². The molecular weight excluding hydrogens is 204 g/mol. The summed E-state index contributed by atoms with van der Waals surface area (Å²) in [6.45, 7) is 2.39. The summed E-state index contributed by atoms with van der Waals surface area (Å²) >= 11 is 0. The van der Waals surface area contributed by atoms with E-state index in [0.717, 1.165) is 0 Å². The fourth-order valence-corrected chi connectivity index (χ4v) is 0.776. The second kappa shape index (κ2) is 8.01. The number of hydrogen-bond donors (Lipinski definition) is 4. The second-order valence-corrected chi connectivity index (χ2v) is 2.67. The largest absolute Gasteiger partial charge is 0.480 e. The van der Waals surface area contributed by atoms with Crippen molar-refractivity contribution in [1.29, 1.82) is 0 Å². The summed E-state index contributed by atoms with van der Waals surface area (Å²) < 4.78 is 4.95. The maximum atomic E-state index is 11.0. The van der Waals surface area contributed by atoms with Crippen LogP contribution >= 0.6 is 0 Å². The maximum absolute atomic E-state index is 11.0. The van der Waals surface area contributed by atoms with Gasteiger partial charge in [-0.2, -0.15) is 0 Å². The van der Waals surface area contributed by atoms with Gasteiger partial charge in [-0.3, -0.25) is 0 Å². The van der Waals surface area contributed by atoms with Crippen LogP contribution in [0.1, 0.15) is 6.92 Å². The highest BCUT2D eigenvalue weighted by Crippen LogP contribution is 1.82. The van der Waals surface area contributed by atoms with Crippen molar-refractivity contribution >= 4 is 12.0 Å². The van der Waals surface area contributed by atoms with E-state index in [1.807, 2.05) is 6.92 Å². The number of rotatable bonds is 7. The molecule has 0 unspecified atom stereocenters. The molecule has 7 heteroatoms. The van der Waals surface area contributed by atoms with E-state index in [9.17, 15) is 9.59 Å². The Labute approximate surface area is 87.4 Å². The Morgan fingerprint density at radius 2 is 2.13 bits per heavy atom. The fraction of sp³-hybridized carbons (Fsp3) is 0.750. The highest BCUT2D eigenvalue weighted by molar-refractivity contribution is 5.82. The number of carbonyl (C=O) groups excluding carboxylic acids is 1. The molecule has 2 amide bonds. The lowest BCUT2D eigenvalue weighted by Gasteiger charge is -2.12. The first-order chi connectivity index (χ1) is 7.11. The van der Waals surface area contributed by atoms with Gasteiger partial charge in [-0.15, -0.1) is 0 Å². The van der Waals surface area contributed by atoms with E-state index in [-0.39, 0.29) is 6.54 Å². The van der Waals surface area contributed by atoms with Gasteiger partial charge in [-0.05, 0) is 6.92 Å². The van der Waals surface area contributed by atoms with E-state index in [4.69, 9.17) is 14.9 Å². The molecule has 0 aliphatic rings. The van der Waals surface area contributed by atoms with Gasteiger partial charge in [-0.25, -0.2) is 9.59 Å². The highest BCUT2D eigenvalue weighted by atomic mass is 16.5. The first-order valence-corrected chi connectivity index (χ1v) is 4.57. The number of aliphatic hydroxyl groups is 1. The molecule has 0 fully saturated rings. The zero-order valence-electron chi connectivity index (χ0n) is 8.52. The average Bonchev–Trinajstić information content (AvgIpc) is 2.20. The molecule has 1 atom stereocenters. The van der Waals surface area contributed by atoms with E-state index < -0.39 is 24.6 Å². The number of aliphatic hydroxyl groups excluding tert-OH is 1. The van der Waals surface area contributed by atoms with Crippen molar-refractivity contribution < 1.29 is 24.5 Å². The number of carbonyl (C=O) groups is 2. The Hall–Kier alpha value is -1.34. The van der Waals surface area contributed by atoms with Crippen molar-refractivity contribution in [2.24, 2.45) is 0 Å². The smallest absolute Gasteiger partial charge is 0.328 e. The van der Waals surface area contributed by atoms with Crippen molar-refractivity contribution in [3.8, 4) is 0 Å². The van der Waals surface area contributed by atoms with Crippen LogP contribution in [0.25, 0.3) is 0 Å². The fourth-order valence-electron chi connectivity index (χ4n) is 0.776. The standard InChI is InChI=1S/C8H16N2O5/c1-2-15-4-3-9-8(14)10-6(5-11)7(12)13/h6,11H,2-5H2,1H3,(H,12,13)(H2,9,10,14)/t6-/m1/s1. The molecule has 88 valence electrons. The van der Waals surface area contributed by atoms with E-state index in [2.05, 4.69) is 10.6 Å². The molecule has 15 heavy (non-hydrogen) atoms. The minimum atomic E-state index is -1.28. The third-order valence-corrected chi connectivity index (χ3v) is 1.52. The molecule has 0 heterocycles. The predicted octanol–water partition coefficient (Wildman–Crippen LogP) is -1.23. The number of nitrogens with one attached hydrogen (secondary N) is 2. The first-order valence-electron chi connectivity index (χ1n) is 4.57. The molecule has 0 aliphatic heterocycles. The van der Waals surface area contributed by atoms with Crippen LogP contribution in [-0.4, -0.2) is 54.6 Å². The van der Waals surface area contributed by atoms with Crippen LogP contribution in [0.5, 0.6) is 0 Å². The molecule has 4 N–H and O–H groups in total. The Balaban J connectivity index is 3.67. The Morgan fingerprint density at radius 1 is 1.47 bits per heavy atom. The van der Waals surface area contributed by atoms with Crippen LogP contribution in [0.2, 0.25) is 0 Å². The molecule has 0 aromatic rings. The molecule has 0 saturated heterocycles. The topological polar surface area (TPSA) is 108 Å². The minimum Gasteiger partial charge on any atom is -0.480 e. The number of ether oxygens (including phenoxy) is 1. The molecular formula is C8H16N2O5. The van der Waals surface area contributed by atoms with Crippen molar-refractivity contribution in [2.45, 2.75) is 13.0 Å². The van der Waals surface area contributed by atoms with E-state index >= 15 is 0 Å². The maximum Gasteiger partial charge on any atom is 0.328 e. The molecule has 7 nitrogen and oxygen atoms in total. The monoisotopic (exact) mass is 220 g/mol. The van der Waals surface area contributed by atoms with Crippen molar-refractivity contribution in [1.82, 2.24) is 10.6 Å². The second-order valence-electron chi connectivity index (χ2n) is 2.67. The summed E-state index contributed by atoms with van der Waals surface area (Å²) in [5, 5.41) is 21.6. The van der Waals surface area contributed by atoms with Crippen molar-refractivity contribution in [3.05, 3.63) is 0 Å². The van der Waals surface area contributed by atoms with Gasteiger partial charge >= 0.3 is 12.0 Å². The lowest BCUT2D eigenvalue weighted by Crippen LogP contribution is -2.48. The molecule has 0 radical (unpaired) electrons. The number of carboxylic acids is 1. The molecule has 0 rings (SSSR count). The van der Waals surface area contributed by atoms with E-state index in [1.165, 1.54) is 0 Å². The number of amides is 2. The van der Waals surface area contributed by atoms with Crippen molar-refractivity contribution in [3.63, 3.8) is 0 Å². The third kappa shape index (κ3) is 6.69. The quantitative estimate of drug-likeness (QED) is 0.402. The lowest BCUT2D eigenvalue weighted by atomic mass is 10.3. The van der Waals surface area contributed by atoms with Gasteiger partial charge in [0.25, 0.3) is 0 Å². The van der Waals surface area contributed by atoms with Crippen LogP contribution in [0.3, 0.4) is 0 Å². The summed E-state index contributed by atoms with van der Waals surface area (Å²) in [4.78, 5) is 21.4. The van der Waals surface area contributed by atoms with Gasteiger partial charge in [0.2, 0.25) is 0 Å². The van der Waals surface area contributed by atoms with Gasteiger partial charge in [0.1, 0.15) is 0 Å². The Bertz CT molecular complexity index is 209. The molecule has 0 aliphatic carbocycles. The van der Waals surface area contributed by atoms with Gasteiger partial charge in [0, 0.05) is 13.2 Å². The summed E-state index contributed by atoms with van der Waals surface area (Å²) in [5.74, 6) is -1.28. The summed E-state index contributed by atoms with van der Waals surface area (Å²) in [6.07, 6.45) is 0. The number of urea groups is 1. The molecule has 0 spiro atoms. The van der Waals surface area contributed by atoms with Gasteiger partial charge < -0.3 is 25.6 Å². The summed E-state index contributed by atoms with van der Waals surface area (Å²) in [7, 11) is 0. The Kier molecular flexibility index (Phi) is 7.29. The lowest BCUT2D eigenvalue weighted by molar-refractivity contribution is -0.140. The minimum absolute atomic E-state index is 0.289. The Morgan fingerprint density at radius 3 is 2.60 bits per heavy atom. The zero-order valence-corrected chi connectivity index (χ0v) is 8.52. The van der Waals surface area contributed by atoms with Crippen LogP contribution in [0.15, 0.2) is 0 Å². The molecule has 0 aromatic carbocycles. The van der Waals surface area contributed by atoms with Crippen LogP contribution in [0.4, 0.5) is 4.79 Å². The normalized spacial score (nSPS) is 11.9. The van der Waals surface area contributed by atoms with Gasteiger partial charge in [0.05, 0.1) is 13.2 Å². The van der Waals surface area contributed by atoms with E-state index in [0.29, 0.717) is 13.2 Å². The molecule has 0 saturated carbocycles.